The van der Waals surface area contributed by atoms with Crippen LogP contribution in [0.1, 0.15) is 49.4 Å². The molecule has 0 aliphatic heterocycles. The second kappa shape index (κ2) is 8.14. The van der Waals surface area contributed by atoms with Crippen LogP contribution in [0.3, 0.4) is 0 Å². The number of halogens is 2. The van der Waals surface area contributed by atoms with E-state index in [9.17, 15) is 18.8 Å². The van der Waals surface area contributed by atoms with Gasteiger partial charge in [0.2, 0.25) is 5.78 Å². The maximum atomic E-state index is 13.7. The van der Waals surface area contributed by atoms with Crippen LogP contribution in [0.2, 0.25) is 5.02 Å². The third kappa shape index (κ3) is 3.94. The summed E-state index contributed by atoms with van der Waals surface area (Å²) in [6, 6.07) is 3.75. The van der Waals surface area contributed by atoms with Crippen molar-refractivity contribution in [3.63, 3.8) is 0 Å². The third-order valence-electron chi connectivity index (χ3n) is 3.70. The van der Waals surface area contributed by atoms with Gasteiger partial charge in [-0.15, -0.1) is 0 Å². The van der Waals surface area contributed by atoms with Gasteiger partial charge in [-0.1, -0.05) is 17.7 Å². The molecule has 0 unspecified atom stereocenters. The van der Waals surface area contributed by atoms with Crippen molar-refractivity contribution in [2.75, 3.05) is 13.2 Å². The number of Topliss-reactive ketones (excluding diaryl/α,β-unsaturated/α-hetero) is 1. The SMILES string of the molecule is CCOC(=O)c1c(C)[nH]c(C(=O)COC(=O)c2c(F)cccc2Cl)c1C. The lowest BCUT2D eigenvalue weighted by Crippen LogP contribution is -2.17. The average Bonchev–Trinajstić information content (AvgIpc) is 2.87. The Balaban J connectivity index is 2.15. The van der Waals surface area contributed by atoms with E-state index in [1.54, 1.807) is 20.8 Å². The van der Waals surface area contributed by atoms with E-state index in [1.165, 1.54) is 12.1 Å². The molecule has 0 aliphatic rings. The number of carbonyl (C=O) groups is 3. The lowest BCUT2D eigenvalue weighted by atomic mass is 10.1. The Hall–Kier alpha value is -2.67. The Labute approximate surface area is 154 Å². The number of aromatic nitrogens is 1. The smallest absolute Gasteiger partial charge is 0.343 e. The fourth-order valence-electron chi connectivity index (χ4n) is 2.51. The van der Waals surface area contributed by atoms with Crippen LogP contribution >= 0.6 is 11.6 Å². The van der Waals surface area contributed by atoms with Crippen LogP contribution in [0, 0.1) is 19.7 Å². The highest BCUT2D eigenvalue weighted by atomic mass is 35.5. The number of H-pyrrole nitrogens is 1. The summed E-state index contributed by atoms with van der Waals surface area (Å²) in [4.78, 5) is 39.1. The molecule has 6 nitrogen and oxygen atoms in total. The van der Waals surface area contributed by atoms with Gasteiger partial charge in [0, 0.05) is 5.69 Å². The molecule has 0 radical (unpaired) electrons. The zero-order chi connectivity index (χ0) is 19.4. The number of hydrogen-bond donors (Lipinski definition) is 1. The summed E-state index contributed by atoms with van der Waals surface area (Å²) in [5.74, 6) is -3.01. The molecule has 2 rings (SSSR count). The largest absolute Gasteiger partial charge is 0.462 e. The Morgan fingerprint density at radius 3 is 2.38 bits per heavy atom. The monoisotopic (exact) mass is 381 g/mol. The summed E-state index contributed by atoms with van der Waals surface area (Å²) >= 11 is 5.79. The molecule has 1 N–H and O–H groups in total. The fourth-order valence-corrected chi connectivity index (χ4v) is 2.75. The van der Waals surface area contributed by atoms with Crippen molar-refractivity contribution in [3.8, 4) is 0 Å². The second-order valence-corrected chi connectivity index (χ2v) is 5.85. The van der Waals surface area contributed by atoms with Gasteiger partial charge >= 0.3 is 11.9 Å². The molecule has 0 fully saturated rings. The Morgan fingerprint density at radius 2 is 1.77 bits per heavy atom. The summed E-state index contributed by atoms with van der Waals surface area (Å²) in [5.41, 5.74) is 0.809. The van der Waals surface area contributed by atoms with Crippen LogP contribution in [0.5, 0.6) is 0 Å². The minimum atomic E-state index is -1.05. The van der Waals surface area contributed by atoms with Gasteiger partial charge in [0.25, 0.3) is 0 Å². The van der Waals surface area contributed by atoms with Crippen LogP contribution < -0.4 is 0 Å². The molecular weight excluding hydrogens is 365 g/mol. The molecule has 1 aromatic carbocycles. The Morgan fingerprint density at radius 1 is 1.12 bits per heavy atom. The van der Waals surface area contributed by atoms with Crippen molar-refractivity contribution in [1.82, 2.24) is 4.98 Å². The number of benzene rings is 1. The van der Waals surface area contributed by atoms with Gasteiger partial charge in [-0.05, 0) is 38.5 Å². The minimum absolute atomic E-state index is 0.112. The number of aryl methyl sites for hydroxylation is 1. The maximum absolute atomic E-state index is 13.7. The molecule has 0 aliphatic carbocycles. The van der Waals surface area contributed by atoms with E-state index < -0.39 is 35.7 Å². The molecule has 0 saturated heterocycles. The van der Waals surface area contributed by atoms with Crippen LogP contribution in [0.25, 0.3) is 0 Å². The first-order chi connectivity index (χ1) is 12.3. The van der Waals surface area contributed by atoms with Gasteiger partial charge in [-0.2, -0.15) is 0 Å². The number of nitrogens with one attached hydrogen (secondary N) is 1. The topological polar surface area (TPSA) is 85.5 Å². The van der Waals surface area contributed by atoms with Gasteiger partial charge in [0.1, 0.15) is 11.4 Å². The zero-order valence-corrected chi connectivity index (χ0v) is 15.2. The van der Waals surface area contributed by atoms with Crippen molar-refractivity contribution in [2.24, 2.45) is 0 Å². The summed E-state index contributed by atoms with van der Waals surface area (Å²) in [6.45, 7) is 4.45. The molecule has 0 atom stereocenters. The van der Waals surface area contributed by atoms with Crippen LogP contribution in [-0.4, -0.2) is 35.9 Å². The normalized spacial score (nSPS) is 10.5. The molecular formula is C18H17ClFNO5. The van der Waals surface area contributed by atoms with E-state index >= 15 is 0 Å². The minimum Gasteiger partial charge on any atom is -0.462 e. The van der Waals surface area contributed by atoms with Gasteiger partial charge in [0.05, 0.1) is 22.9 Å². The summed E-state index contributed by atoms with van der Waals surface area (Å²) in [7, 11) is 0. The third-order valence-corrected chi connectivity index (χ3v) is 4.01. The number of carbonyl (C=O) groups excluding carboxylic acids is 3. The summed E-state index contributed by atoms with van der Waals surface area (Å²) in [5, 5.41) is -0.112. The van der Waals surface area contributed by atoms with E-state index in [0.717, 1.165) is 6.07 Å². The van der Waals surface area contributed by atoms with Crippen LogP contribution in [-0.2, 0) is 9.47 Å². The summed E-state index contributed by atoms with van der Waals surface area (Å²) in [6.07, 6.45) is 0. The number of esters is 2. The lowest BCUT2D eigenvalue weighted by Gasteiger charge is -2.07. The fraction of sp³-hybridized carbons (Fsp3) is 0.278. The molecule has 26 heavy (non-hydrogen) atoms. The molecule has 0 amide bonds. The predicted molar refractivity (Wildman–Crippen MR) is 92.2 cm³/mol. The Kier molecular flexibility index (Phi) is 6.15. The molecule has 2 aromatic rings. The maximum Gasteiger partial charge on any atom is 0.343 e. The van der Waals surface area contributed by atoms with E-state index in [2.05, 4.69) is 4.98 Å². The van der Waals surface area contributed by atoms with E-state index in [4.69, 9.17) is 21.1 Å². The van der Waals surface area contributed by atoms with Crippen molar-refractivity contribution in [2.45, 2.75) is 20.8 Å². The Bertz CT molecular complexity index is 854. The zero-order valence-electron chi connectivity index (χ0n) is 14.4. The quantitative estimate of drug-likeness (QED) is 0.610. The van der Waals surface area contributed by atoms with Gasteiger partial charge in [-0.3, -0.25) is 4.79 Å². The average molecular weight is 382 g/mol. The van der Waals surface area contributed by atoms with Crippen molar-refractivity contribution < 1.29 is 28.2 Å². The highest BCUT2D eigenvalue weighted by Gasteiger charge is 2.24. The van der Waals surface area contributed by atoms with E-state index in [0.29, 0.717) is 11.3 Å². The molecule has 0 bridgehead atoms. The first-order valence-electron chi connectivity index (χ1n) is 7.78. The highest BCUT2D eigenvalue weighted by Crippen LogP contribution is 2.21. The number of ketones is 1. The summed E-state index contributed by atoms with van der Waals surface area (Å²) < 4.78 is 23.5. The van der Waals surface area contributed by atoms with Crippen molar-refractivity contribution >= 4 is 29.3 Å². The van der Waals surface area contributed by atoms with Crippen molar-refractivity contribution in [1.29, 1.82) is 0 Å². The number of hydrogen-bond acceptors (Lipinski definition) is 5. The second-order valence-electron chi connectivity index (χ2n) is 5.44. The van der Waals surface area contributed by atoms with Gasteiger partial charge in [-0.25, -0.2) is 14.0 Å². The van der Waals surface area contributed by atoms with E-state index in [1.807, 2.05) is 0 Å². The van der Waals surface area contributed by atoms with Gasteiger partial charge in [0.15, 0.2) is 6.61 Å². The first-order valence-corrected chi connectivity index (χ1v) is 8.16. The first kappa shape index (κ1) is 19.7. The molecule has 1 heterocycles. The molecule has 1 aromatic heterocycles. The van der Waals surface area contributed by atoms with E-state index in [-0.39, 0.29) is 22.9 Å². The predicted octanol–water partition coefficient (Wildman–Crippen LogP) is 3.64. The molecule has 138 valence electrons. The van der Waals surface area contributed by atoms with Crippen LogP contribution in [0.15, 0.2) is 18.2 Å². The number of rotatable bonds is 6. The highest BCUT2D eigenvalue weighted by molar-refractivity contribution is 6.33. The van der Waals surface area contributed by atoms with Crippen molar-refractivity contribution in [3.05, 3.63) is 57.1 Å². The molecule has 0 spiro atoms. The number of aromatic amines is 1. The number of ether oxygens (including phenoxy) is 2. The standard InChI is InChI=1S/C18H17ClFNO5/c1-4-25-17(23)14-9(2)16(21-10(14)3)13(22)8-26-18(24)15-11(19)6-5-7-12(15)20/h5-7,21H,4,8H2,1-3H3. The molecule has 8 heteroatoms. The van der Waals surface area contributed by atoms with Gasteiger partial charge < -0.3 is 14.5 Å². The van der Waals surface area contributed by atoms with Crippen LogP contribution in [0.4, 0.5) is 4.39 Å². The lowest BCUT2D eigenvalue weighted by molar-refractivity contribution is 0.0467. The molecule has 0 saturated carbocycles.